The van der Waals surface area contributed by atoms with E-state index < -0.39 is 17.6 Å². The number of para-hydroxylation sites is 2. The summed E-state index contributed by atoms with van der Waals surface area (Å²) >= 11 is 0. The van der Waals surface area contributed by atoms with Crippen LogP contribution < -0.4 is 15.8 Å². The first-order valence-corrected chi connectivity index (χ1v) is 3.92. The van der Waals surface area contributed by atoms with E-state index in [1.807, 2.05) is 0 Å². The lowest BCUT2D eigenvalue weighted by atomic mass is 10.2. The number of halogens is 1. The van der Waals surface area contributed by atoms with E-state index in [0.717, 1.165) is 0 Å². The summed E-state index contributed by atoms with van der Waals surface area (Å²) in [5.74, 6) is -1.92. The summed E-state index contributed by atoms with van der Waals surface area (Å²) in [5.41, 5.74) is 5.38. The highest BCUT2D eigenvalue weighted by Crippen LogP contribution is 2.32. The Morgan fingerprint density at radius 1 is 1.43 bits per heavy atom. The van der Waals surface area contributed by atoms with Crippen LogP contribution in [0.25, 0.3) is 0 Å². The maximum absolute atomic E-state index is 13.1. The fraction of sp³-hybridized carbons (Fsp3) is 0. The van der Waals surface area contributed by atoms with Crippen molar-refractivity contribution in [2.24, 2.45) is 5.73 Å². The van der Waals surface area contributed by atoms with Crippen LogP contribution in [0.15, 0.2) is 36.0 Å². The van der Waals surface area contributed by atoms with Gasteiger partial charge in [-0.1, -0.05) is 12.1 Å². The van der Waals surface area contributed by atoms with Gasteiger partial charge in [0, 0.05) is 0 Å². The maximum atomic E-state index is 13.1. The molecule has 1 heterocycles. The Bertz CT molecular complexity index is 429. The lowest BCUT2D eigenvalue weighted by Crippen LogP contribution is -2.24. The van der Waals surface area contributed by atoms with Crippen LogP contribution in [0.2, 0.25) is 0 Å². The second kappa shape index (κ2) is 3.02. The molecule has 0 atom stereocenters. The third-order valence-corrected chi connectivity index (χ3v) is 1.77. The van der Waals surface area contributed by atoms with Crippen molar-refractivity contribution in [1.29, 1.82) is 0 Å². The summed E-state index contributed by atoms with van der Waals surface area (Å²) in [6, 6.07) is 6.67. The summed E-state index contributed by atoms with van der Waals surface area (Å²) in [7, 11) is 0. The minimum atomic E-state index is -0.940. The third-order valence-electron chi connectivity index (χ3n) is 1.77. The quantitative estimate of drug-likeness (QED) is 0.658. The van der Waals surface area contributed by atoms with Crippen molar-refractivity contribution in [2.45, 2.75) is 0 Å². The van der Waals surface area contributed by atoms with Crippen LogP contribution in [0.5, 0.6) is 5.75 Å². The van der Waals surface area contributed by atoms with E-state index in [-0.39, 0.29) is 0 Å². The highest BCUT2D eigenvalue weighted by molar-refractivity contribution is 5.92. The molecule has 0 saturated heterocycles. The zero-order valence-electron chi connectivity index (χ0n) is 7.08. The third kappa shape index (κ3) is 1.28. The maximum Gasteiger partial charge on any atom is 0.289 e. The van der Waals surface area contributed by atoms with Gasteiger partial charge < -0.3 is 15.8 Å². The van der Waals surface area contributed by atoms with Crippen molar-refractivity contribution in [3.63, 3.8) is 0 Å². The molecule has 0 spiro atoms. The summed E-state index contributed by atoms with van der Waals surface area (Å²) in [4.78, 5) is 10.7. The molecule has 4 nitrogen and oxygen atoms in total. The van der Waals surface area contributed by atoms with E-state index in [9.17, 15) is 9.18 Å². The van der Waals surface area contributed by atoms with Crippen molar-refractivity contribution < 1.29 is 13.9 Å². The van der Waals surface area contributed by atoms with Gasteiger partial charge in [0.25, 0.3) is 5.91 Å². The van der Waals surface area contributed by atoms with E-state index in [4.69, 9.17) is 10.5 Å². The minimum absolute atomic E-state index is 0.378. The number of carbonyl (C=O) groups is 1. The van der Waals surface area contributed by atoms with E-state index in [1.54, 1.807) is 24.3 Å². The average Bonchev–Trinajstić information content (AvgIpc) is 2.16. The van der Waals surface area contributed by atoms with Crippen LogP contribution in [0, 0.1) is 0 Å². The van der Waals surface area contributed by atoms with Gasteiger partial charge in [-0.2, -0.15) is 4.39 Å². The van der Waals surface area contributed by atoms with Gasteiger partial charge in [-0.25, -0.2) is 0 Å². The molecule has 0 bridgehead atoms. The van der Waals surface area contributed by atoms with Crippen molar-refractivity contribution >= 4 is 11.6 Å². The molecule has 1 aliphatic heterocycles. The van der Waals surface area contributed by atoms with Crippen molar-refractivity contribution in [2.75, 3.05) is 5.32 Å². The smallest absolute Gasteiger partial charge is 0.289 e. The number of fused-ring (bicyclic) bond motifs is 1. The molecule has 1 aromatic carbocycles. The summed E-state index contributed by atoms with van der Waals surface area (Å²) in [6.07, 6.45) is 0. The Morgan fingerprint density at radius 2 is 2.14 bits per heavy atom. The predicted molar refractivity (Wildman–Crippen MR) is 48.0 cm³/mol. The number of hydrogen-bond donors (Lipinski definition) is 2. The van der Waals surface area contributed by atoms with Crippen molar-refractivity contribution in [1.82, 2.24) is 0 Å². The standard InChI is InChI=1S/C9H7FN2O2/c10-8-7(9(11)13)14-6-4-2-1-3-5(6)12-8/h1-4,12H,(H2,11,13). The van der Waals surface area contributed by atoms with Gasteiger partial charge in [-0.05, 0) is 12.1 Å². The van der Waals surface area contributed by atoms with Crippen LogP contribution >= 0.6 is 0 Å². The first kappa shape index (κ1) is 8.55. The Kier molecular flexibility index (Phi) is 1.85. The highest BCUT2D eigenvalue weighted by atomic mass is 19.1. The lowest BCUT2D eigenvalue weighted by molar-refractivity contribution is -0.116. The molecule has 14 heavy (non-hydrogen) atoms. The van der Waals surface area contributed by atoms with Crippen LogP contribution in [0.4, 0.5) is 10.1 Å². The molecule has 0 unspecified atom stereocenters. The molecule has 0 aliphatic carbocycles. The van der Waals surface area contributed by atoms with Gasteiger partial charge in [0.1, 0.15) is 0 Å². The fourth-order valence-electron chi connectivity index (χ4n) is 1.15. The Morgan fingerprint density at radius 3 is 2.86 bits per heavy atom. The van der Waals surface area contributed by atoms with Crippen LogP contribution in [0.1, 0.15) is 0 Å². The van der Waals surface area contributed by atoms with Crippen LogP contribution in [-0.2, 0) is 4.79 Å². The first-order chi connectivity index (χ1) is 6.68. The molecule has 1 amide bonds. The largest absolute Gasteiger partial charge is 0.445 e. The van der Waals surface area contributed by atoms with Crippen LogP contribution in [0.3, 0.4) is 0 Å². The number of hydrogen-bond acceptors (Lipinski definition) is 3. The normalized spacial score (nSPS) is 14.1. The molecule has 5 heteroatoms. The average molecular weight is 194 g/mol. The van der Waals surface area contributed by atoms with E-state index in [1.165, 1.54) is 0 Å². The summed E-state index contributed by atoms with van der Waals surface area (Å²) in [6.45, 7) is 0. The van der Waals surface area contributed by atoms with Gasteiger partial charge in [0.15, 0.2) is 5.75 Å². The fourth-order valence-corrected chi connectivity index (χ4v) is 1.15. The summed E-state index contributed by atoms with van der Waals surface area (Å²) in [5, 5.41) is 2.38. The summed E-state index contributed by atoms with van der Waals surface area (Å²) < 4.78 is 18.1. The molecule has 2 rings (SSSR count). The number of nitrogens with two attached hydrogens (primary N) is 1. The first-order valence-electron chi connectivity index (χ1n) is 3.92. The number of nitrogens with one attached hydrogen (secondary N) is 1. The Balaban J connectivity index is 2.41. The Labute approximate surface area is 79.2 Å². The molecule has 3 N–H and O–H groups in total. The molecule has 72 valence electrons. The zero-order valence-corrected chi connectivity index (χ0v) is 7.08. The number of primary amides is 1. The van der Waals surface area contributed by atoms with Gasteiger partial charge in [-0.15, -0.1) is 0 Å². The molecule has 0 radical (unpaired) electrons. The van der Waals surface area contributed by atoms with Gasteiger partial charge in [-0.3, -0.25) is 4.79 Å². The van der Waals surface area contributed by atoms with Gasteiger partial charge in [0.05, 0.1) is 5.69 Å². The molecule has 1 aliphatic rings. The second-order valence-electron chi connectivity index (χ2n) is 2.73. The minimum Gasteiger partial charge on any atom is -0.445 e. The van der Waals surface area contributed by atoms with Crippen LogP contribution in [-0.4, -0.2) is 5.91 Å². The number of anilines is 1. The molecular weight excluding hydrogens is 187 g/mol. The van der Waals surface area contributed by atoms with E-state index in [2.05, 4.69) is 5.32 Å². The van der Waals surface area contributed by atoms with Crippen molar-refractivity contribution in [3.05, 3.63) is 36.0 Å². The number of amides is 1. The topological polar surface area (TPSA) is 64.4 Å². The second-order valence-corrected chi connectivity index (χ2v) is 2.73. The predicted octanol–water partition coefficient (Wildman–Crippen LogP) is 1.11. The number of benzene rings is 1. The molecule has 0 saturated carbocycles. The van der Waals surface area contributed by atoms with E-state index in [0.29, 0.717) is 11.4 Å². The number of carbonyl (C=O) groups excluding carboxylic acids is 1. The number of ether oxygens (including phenoxy) is 1. The Hall–Kier alpha value is -2.04. The number of rotatable bonds is 1. The highest BCUT2D eigenvalue weighted by Gasteiger charge is 2.22. The zero-order chi connectivity index (χ0) is 10.1. The van der Waals surface area contributed by atoms with Gasteiger partial charge >= 0.3 is 0 Å². The van der Waals surface area contributed by atoms with Gasteiger partial charge in [0.2, 0.25) is 11.7 Å². The molecule has 0 aromatic heterocycles. The van der Waals surface area contributed by atoms with Crippen molar-refractivity contribution in [3.8, 4) is 5.75 Å². The van der Waals surface area contributed by atoms with E-state index >= 15 is 0 Å². The SMILES string of the molecule is NC(=O)C1=C(F)Nc2ccccc2O1. The molecule has 0 fully saturated rings. The molecular formula is C9H7FN2O2. The monoisotopic (exact) mass is 194 g/mol. The lowest BCUT2D eigenvalue weighted by Gasteiger charge is -2.18. The molecule has 1 aromatic rings.